The van der Waals surface area contributed by atoms with E-state index >= 15 is 0 Å². The zero-order valence-corrected chi connectivity index (χ0v) is 34.5. The van der Waals surface area contributed by atoms with Gasteiger partial charge >= 0.3 is 0 Å². The molecule has 1 aromatic carbocycles. The van der Waals surface area contributed by atoms with Crippen molar-refractivity contribution in [3.8, 4) is 0 Å². The van der Waals surface area contributed by atoms with Crippen LogP contribution < -0.4 is 5.32 Å². The molecule has 6 atom stereocenters. The Hall–Kier alpha value is -1.75. The molecule has 2 aliphatic rings. The molecule has 2 heterocycles. The number of hydrogen-bond donors (Lipinski definition) is 1. The van der Waals surface area contributed by atoms with Gasteiger partial charge in [-0.05, 0) is 37.0 Å². The third kappa shape index (κ3) is 15.3. The van der Waals surface area contributed by atoms with E-state index < -0.39 is 32.9 Å². The number of unbranched alkanes of at least 4 members (excludes halogenated alkanes) is 13. The van der Waals surface area contributed by atoms with Gasteiger partial charge in [0.2, 0.25) is 5.91 Å². The van der Waals surface area contributed by atoms with Crippen LogP contribution in [-0.4, -0.2) is 71.6 Å². The van der Waals surface area contributed by atoms with Crippen LogP contribution in [0, 0.1) is 0 Å². The lowest BCUT2D eigenvalue weighted by molar-refractivity contribution is -0.290. The third-order valence-corrected chi connectivity index (χ3v) is 15.3. The predicted octanol–water partition coefficient (Wildman–Crippen LogP) is 10.2. The maximum absolute atomic E-state index is 12.6. The highest BCUT2D eigenvalue weighted by molar-refractivity contribution is 6.74. The SMILES string of the molecule is CCCCCCCCCCCCCCCCOC[C@H](C/C=C1\O[C@@H]2CO[C@@H](c3ccccc3)O[C@H]2[C@H](O[Si](C)(C)C(C)(C)C)[C@H]1NC(C)=O)OC. The van der Waals surface area contributed by atoms with E-state index in [2.05, 4.69) is 46.1 Å². The lowest BCUT2D eigenvalue weighted by Gasteiger charge is -2.51. The number of methoxy groups -OCH3 is 1. The topological polar surface area (TPSA) is 84.5 Å². The van der Waals surface area contributed by atoms with Crippen molar-refractivity contribution in [1.29, 1.82) is 0 Å². The van der Waals surface area contributed by atoms with Crippen molar-refractivity contribution in [3.05, 3.63) is 47.7 Å². The van der Waals surface area contributed by atoms with Gasteiger partial charge in [-0.2, -0.15) is 0 Å². The Morgan fingerprint density at radius 1 is 0.941 bits per heavy atom. The first-order valence-electron chi connectivity index (χ1n) is 20.2. The van der Waals surface area contributed by atoms with Gasteiger partial charge in [-0.15, -0.1) is 0 Å². The van der Waals surface area contributed by atoms with Crippen molar-refractivity contribution in [1.82, 2.24) is 5.32 Å². The minimum absolute atomic E-state index is 0.0408. The maximum atomic E-state index is 12.6. The van der Waals surface area contributed by atoms with Gasteiger partial charge in [0.15, 0.2) is 20.7 Å². The molecular weight excluding hydrogens is 659 g/mol. The number of nitrogens with one attached hydrogen (secondary N) is 1. The number of ether oxygens (including phenoxy) is 5. The molecule has 51 heavy (non-hydrogen) atoms. The van der Waals surface area contributed by atoms with Gasteiger partial charge in [-0.3, -0.25) is 4.79 Å². The van der Waals surface area contributed by atoms with Crippen LogP contribution in [0.3, 0.4) is 0 Å². The van der Waals surface area contributed by atoms with Crippen molar-refractivity contribution in [2.45, 2.75) is 186 Å². The minimum atomic E-state index is -2.29. The molecule has 0 bridgehead atoms. The second-order valence-corrected chi connectivity index (χ2v) is 21.0. The fourth-order valence-electron chi connectivity index (χ4n) is 6.61. The molecule has 2 fully saturated rings. The number of benzene rings is 1. The summed E-state index contributed by atoms with van der Waals surface area (Å²) in [6.45, 7) is 16.5. The number of amides is 1. The molecular formula is C42H73NO7Si. The van der Waals surface area contributed by atoms with Crippen molar-refractivity contribution in [2.24, 2.45) is 0 Å². The van der Waals surface area contributed by atoms with Gasteiger partial charge < -0.3 is 33.4 Å². The molecule has 1 N–H and O–H groups in total. The first-order chi connectivity index (χ1) is 24.5. The monoisotopic (exact) mass is 732 g/mol. The van der Waals surface area contributed by atoms with Gasteiger partial charge in [-0.25, -0.2) is 0 Å². The molecule has 3 rings (SSSR count). The largest absolute Gasteiger partial charge is 0.488 e. The van der Waals surface area contributed by atoms with Crippen LogP contribution in [0.15, 0.2) is 42.2 Å². The van der Waals surface area contributed by atoms with Crippen LogP contribution in [0.5, 0.6) is 0 Å². The van der Waals surface area contributed by atoms with Crippen LogP contribution >= 0.6 is 0 Å². The third-order valence-electron chi connectivity index (χ3n) is 10.8. The molecule has 0 unspecified atom stereocenters. The molecule has 9 heteroatoms. The van der Waals surface area contributed by atoms with E-state index in [1.165, 1.54) is 90.4 Å². The second kappa shape index (κ2) is 23.1. The number of carbonyl (C=O) groups excluding carboxylic acids is 1. The van der Waals surface area contributed by atoms with E-state index in [-0.39, 0.29) is 23.2 Å². The van der Waals surface area contributed by atoms with Gasteiger partial charge in [0.25, 0.3) is 0 Å². The number of fused-ring (bicyclic) bond motifs is 1. The molecule has 1 amide bonds. The van der Waals surface area contributed by atoms with Crippen LogP contribution in [0.2, 0.25) is 18.1 Å². The summed E-state index contributed by atoms with van der Waals surface area (Å²) in [7, 11) is -0.572. The summed E-state index contributed by atoms with van der Waals surface area (Å²) in [4.78, 5) is 12.6. The fourth-order valence-corrected chi connectivity index (χ4v) is 7.92. The Bertz CT molecular complexity index is 1120. The molecule has 2 saturated heterocycles. The molecule has 0 spiro atoms. The van der Waals surface area contributed by atoms with Gasteiger partial charge in [0.05, 0.1) is 19.3 Å². The van der Waals surface area contributed by atoms with Crippen molar-refractivity contribution >= 4 is 14.2 Å². The summed E-state index contributed by atoms with van der Waals surface area (Å²) in [6.07, 6.45) is 19.5. The molecule has 1 aromatic rings. The van der Waals surface area contributed by atoms with Crippen LogP contribution in [0.1, 0.15) is 143 Å². The number of hydrogen-bond acceptors (Lipinski definition) is 7. The van der Waals surface area contributed by atoms with E-state index in [9.17, 15) is 4.79 Å². The van der Waals surface area contributed by atoms with Crippen LogP contribution in [0.25, 0.3) is 0 Å². The zero-order valence-electron chi connectivity index (χ0n) is 33.5. The summed E-state index contributed by atoms with van der Waals surface area (Å²) in [5, 5.41) is 3.12. The Labute approximate surface area is 312 Å². The van der Waals surface area contributed by atoms with E-state index in [1.807, 2.05) is 36.4 Å². The summed E-state index contributed by atoms with van der Waals surface area (Å²) < 4.78 is 38.4. The number of carbonyl (C=O) groups is 1. The molecule has 8 nitrogen and oxygen atoms in total. The molecule has 0 aliphatic carbocycles. The Morgan fingerprint density at radius 2 is 1.53 bits per heavy atom. The lowest BCUT2D eigenvalue weighted by atomic mass is 9.93. The zero-order chi connectivity index (χ0) is 37.1. The van der Waals surface area contributed by atoms with E-state index in [1.54, 1.807) is 7.11 Å². The van der Waals surface area contributed by atoms with Crippen molar-refractivity contribution in [3.63, 3.8) is 0 Å². The Balaban J connectivity index is 1.51. The molecule has 2 aliphatic heterocycles. The summed E-state index contributed by atoms with van der Waals surface area (Å²) in [5.74, 6) is 0.512. The highest BCUT2D eigenvalue weighted by atomic mass is 28.4. The summed E-state index contributed by atoms with van der Waals surface area (Å²) >= 11 is 0. The Morgan fingerprint density at radius 3 is 2.08 bits per heavy atom. The molecule has 0 aromatic heterocycles. The van der Waals surface area contributed by atoms with Crippen molar-refractivity contribution < 1.29 is 32.9 Å². The van der Waals surface area contributed by atoms with Crippen LogP contribution in [-0.2, 0) is 32.9 Å². The van der Waals surface area contributed by atoms with E-state index in [0.717, 1.165) is 18.6 Å². The van der Waals surface area contributed by atoms with Gasteiger partial charge in [0.1, 0.15) is 24.0 Å². The quantitative estimate of drug-likeness (QED) is 0.0837. The number of rotatable bonds is 24. The fraction of sp³-hybridized carbons (Fsp3) is 0.786. The summed E-state index contributed by atoms with van der Waals surface area (Å²) in [5.41, 5.74) is 0.941. The average molecular weight is 732 g/mol. The minimum Gasteiger partial charge on any atom is -0.488 e. The van der Waals surface area contributed by atoms with Crippen LogP contribution in [0.4, 0.5) is 0 Å². The van der Waals surface area contributed by atoms with Gasteiger partial charge in [0, 0.05) is 26.2 Å². The van der Waals surface area contributed by atoms with Crippen molar-refractivity contribution in [2.75, 3.05) is 26.9 Å². The molecule has 292 valence electrons. The second-order valence-electron chi connectivity index (χ2n) is 16.2. The lowest BCUT2D eigenvalue weighted by Crippen LogP contribution is -2.65. The maximum Gasteiger partial charge on any atom is 0.217 e. The van der Waals surface area contributed by atoms with E-state index in [0.29, 0.717) is 25.4 Å². The molecule has 0 radical (unpaired) electrons. The first-order valence-corrected chi connectivity index (χ1v) is 23.1. The van der Waals surface area contributed by atoms with E-state index in [4.69, 9.17) is 28.1 Å². The highest BCUT2D eigenvalue weighted by Crippen LogP contribution is 2.42. The first kappa shape index (κ1) is 43.6. The van der Waals surface area contributed by atoms with Gasteiger partial charge in [-0.1, -0.05) is 141 Å². The normalized spacial score (nSPS) is 23.8. The molecule has 0 saturated carbocycles. The smallest absolute Gasteiger partial charge is 0.217 e. The average Bonchev–Trinajstić information content (AvgIpc) is 3.10. The predicted molar refractivity (Wildman–Crippen MR) is 209 cm³/mol. The Kier molecular flexibility index (Phi) is 19.8. The summed E-state index contributed by atoms with van der Waals surface area (Å²) in [6, 6.07) is 9.42. The standard InChI is InChI=1S/C42H73NO7Si/c1-9-10-11-12-13-14-15-16-17-18-19-20-21-25-30-46-31-35(45-6)28-29-36-38(43-33(2)44)40(50-51(7,8)42(3,4)5)39-37(48-36)32-47-41(49-39)34-26-23-22-24-27-34/h22-24,26-27,29,35,37-41H,9-21,25,28,30-32H2,1-8H3,(H,43,44)/b36-29-/t35-,37+,38-,39+,40+,41+/m0/s1. The highest BCUT2D eigenvalue weighted by Gasteiger charge is 2.52.